The van der Waals surface area contributed by atoms with E-state index in [0.717, 1.165) is 12.0 Å². The van der Waals surface area contributed by atoms with Crippen molar-refractivity contribution in [2.75, 3.05) is 6.54 Å². The second-order valence-corrected chi connectivity index (χ2v) is 7.08. The smallest absolute Gasteiger partial charge is 0.410 e. The summed E-state index contributed by atoms with van der Waals surface area (Å²) in [4.78, 5) is 15.8. The van der Waals surface area contributed by atoms with Crippen molar-refractivity contribution in [3.8, 4) is 0 Å². The highest BCUT2D eigenvalue weighted by atomic mass is 32.1. The molecule has 1 aliphatic heterocycles. The molecule has 0 saturated carbocycles. The number of thiophene rings is 1. The molecular formula is C21H19NO2S. The molecule has 2 heterocycles. The van der Waals surface area contributed by atoms with Crippen LogP contribution in [0.3, 0.4) is 0 Å². The lowest BCUT2D eigenvalue weighted by atomic mass is 9.92. The van der Waals surface area contributed by atoms with Crippen molar-refractivity contribution in [1.29, 1.82) is 0 Å². The van der Waals surface area contributed by atoms with Gasteiger partial charge >= 0.3 is 6.09 Å². The van der Waals surface area contributed by atoms with Gasteiger partial charge in [-0.05, 0) is 34.6 Å². The van der Waals surface area contributed by atoms with Crippen LogP contribution in [0.5, 0.6) is 0 Å². The third-order valence-electron chi connectivity index (χ3n) is 4.54. The summed E-state index contributed by atoms with van der Waals surface area (Å²) in [6.07, 6.45) is 0.607. The maximum absolute atomic E-state index is 12.8. The van der Waals surface area contributed by atoms with Gasteiger partial charge in [-0.3, -0.25) is 4.90 Å². The first-order valence-electron chi connectivity index (χ1n) is 8.41. The van der Waals surface area contributed by atoms with Gasteiger partial charge in [-0.15, -0.1) is 11.3 Å². The van der Waals surface area contributed by atoms with Crippen LogP contribution in [0.25, 0.3) is 0 Å². The molecule has 0 radical (unpaired) electrons. The first kappa shape index (κ1) is 15.9. The van der Waals surface area contributed by atoms with Gasteiger partial charge in [0.2, 0.25) is 0 Å². The quantitative estimate of drug-likeness (QED) is 0.663. The first-order chi connectivity index (χ1) is 12.3. The summed E-state index contributed by atoms with van der Waals surface area (Å²) < 4.78 is 5.60. The van der Waals surface area contributed by atoms with Gasteiger partial charge in [0.25, 0.3) is 0 Å². The second-order valence-electron chi connectivity index (χ2n) is 6.10. The van der Waals surface area contributed by atoms with Crippen LogP contribution < -0.4 is 0 Å². The number of amides is 1. The summed E-state index contributed by atoms with van der Waals surface area (Å²) in [5.74, 6) is 0. The molecule has 126 valence electrons. The van der Waals surface area contributed by atoms with E-state index in [2.05, 4.69) is 29.6 Å². The van der Waals surface area contributed by atoms with Gasteiger partial charge in [0.1, 0.15) is 6.61 Å². The number of ether oxygens (including phenoxy) is 1. The SMILES string of the molecule is O=C(OCc1ccccc1)N1CCc2ccccc2C1c1cccs1. The minimum atomic E-state index is -0.253. The van der Waals surface area contributed by atoms with E-state index >= 15 is 0 Å². The highest BCUT2D eigenvalue weighted by Crippen LogP contribution is 2.37. The number of nitrogens with zero attached hydrogens (tertiary/aromatic N) is 1. The zero-order valence-corrected chi connectivity index (χ0v) is 14.6. The third-order valence-corrected chi connectivity index (χ3v) is 5.46. The van der Waals surface area contributed by atoms with Crippen molar-refractivity contribution in [2.45, 2.75) is 19.1 Å². The van der Waals surface area contributed by atoms with Gasteiger partial charge in [0.15, 0.2) is 0 Å². The van der Waals surface area contributed by atoms with Crippen LogP contribution >= 0.6 is 11.3 Å². The summed E-state index contributed by atoms with van der Waals surface area (Å²) in [5, 5.41) is 2.06. The van der Waals surface area contributed by atoms with Crippen LogP contribution in [-0.4, -0.2) is 17.5 Å². The summed E-state index contributed by atoms with van der Waals surface area (Å²) in [6, 6.07) is 22.2. The third kappa shape index (κ3) is 3.30. The highest BCUT2D eigenvalue weighted by molar-refractivity contribution is 7.10. The molecule has 1 amide bonds. The minimum absolute atomic E-state index is 0.0618. The lowest BCUT2D eigenvalue weighted by Gasteiger charge is -2.36. The van der Waals surface area contributed by atoms with Gasteiger partial charge in [-0.1, -0.05) is 60.7 Å². The molecule has 0 saturated heterocycles. The number of hydrogen-bond acceptors (Lipinski definition) is 3. The molecule has 4 heteroatoms. The summed E-state index contributed by atoms with van der Waals surface area (Å²) in [6.45, 7) is 0.974. The molecule has 0 fully saturated rings. The van der Waals surface area contributed by atoms with Crippen molar-refractivity contribution in [2.24, 2.45) is 0 Å². The Hall–Kier alpha value is -2.59. The van der Waals surface area contributed by atoms with E-state index < -0.39 is 0 Å². The molecule has 0 N–H and O–H groups in total. The Morgan fingerprint density at radius 3 is 2.64 bits per heavy atom. The van der Waals surface area contributed by atoms with Crippen molar-refractivity contribution >= 4 is 17.4 Å². The zero-order valence-electron chi connectivity index (χ0n) is 13.8. The predicted molar refractivity (Wildman–Crippen MR) is 99.6 cm³/mol. The van der Waals surface area contributed by atoms with E-state index in [9.17, 15) is 4.79 Å². The van der Waals surface area contributed by atoms with Crippen LogP contribution in [0, 0.1) is 0 Å². The number of carbonyl (C=O) groups is 1. The van der Waals surface area contributed by atoms with Crippen LogP contribution in [0.4, 0.5) is 4.79 Å². The van der Waals surface area contributed by atoms with Gasteiger partial charge < -0.3 is 4.74 Å². The summed E-state index contributed by atoms with van der Waals surface area (Å²) in [5.41, 5.74) is 3.52. The molecule has 1 atom stereocenters. The van der Waals surface area contributed by atoms with E-state index in [1.807, 2.05) is 47.4 Å². The molecule has 4 rings (SSSR count). The van der Waals surface area contributed by atoms with Crippen molar-refractivity contribution in [3.05, 3.63) is 93.7 Å². The minimum Gasteiger partial charge on any atom is -0.445 e. The summed E-state index contributed by atoms with van der Waals surface area (Å²) in [7, 11) is 0. The Bertz CT molecular complexity index is 845. The van der Waals surface area contributed by atoms with Crippen molar-refractivity contribution < 1.29 is 9.53 Å². The van der Waals surface area contributed by atoms with Crippen LogP contribution in [0.2, 0.25) is 0 Å². The lowest BCUT2D eigenvalue weighted by Crippen LogP contribution is -2.40. The molecule has 25 heavy (non-hydrogen) atoms. The fourth-order valence-electron chi connectivity index (χ4n) is 3.32. The fourth-order valence-corrected chi connectivity index (χ4v) is 4.17. The molecule has 3 aromatic rings. The molecule has 0 bridgehead atoms. The van der Waals surface area contributed by atoms with Gasteiger partial charge in [-0.2, -0.15) is 0 Å². The highest BCUT2D eigenvalue weighted by Gasteiger charge is 2.33. The molecule has 1 unspecified atom stereocenters. The van der Waals surface area contributed by atoms with E-state index in [0.29, 0.717) is 13.2 Å². The maximum atomic E-state index is 12.8. The summed E-state index contributed by atoms with van der Waals surface area (Å²) >= 11 is 1.68. The predicted octanol–water partition coefficient (Wildman–Crippen LogP) is 5.03. The second kappa shape index (κ2) is 7.11. The Balaban J connectivity index is 1.58. The molecular weight excluding hydrogens is 330 g/mol. The Kier molecular flexibility index (Phi) is 4.53. The van der Waals surface area contributed by atoms with Gasteiger partial charge in [-0.25, -0.2) is 4.79 Å². The Morgan fingerprint density at radius 2 is 1.84 bits per heavy atom. The average Bonchev–Trinajstić information content (AvgIpc) is 3.20. The van der Waals surface area contributed by atoms with E-state index in [1.54, 1.807) is 11.3 Å². The number of carbonyl (C=O) groups excluding carboxylic acids is 1. The number of fused-ring (bicyclic) bond motifs is 1. The largest absolute Gasteiger partial charge is 0.445 e. The van der Waals surface area contributed by atoms with Gasteiger partial charge in [0.05, 0.1) is 6.04 Å². The molecule has 0 aliphatic carbocycles. The molecule has 1 aliphatic rings. The molecule has 1 aromatic heterocycles. The van der Waals surface area contributed by atoms with Crippen LogP contribution in [0.1, 0.15) is 27.6 Å². The standard InChI is InChI=1S/C21H19NO2S/c23-21(24-15-16-7-2-1-3-8-16)22-13-12-17-9-4-5-10-18(17)20(22)19-11-6-14-25-19/h1-11,14,20H,12-13,15H2. The maximum Gasteiger partial charge on any atom is 0.410 e. The lowest BCUT2D eigenvalue weighted by molar-refractivity contribution is 0.0842. The van der Waals surface area contributed by atoms with E-state index in [4.69, 9.17) is 4.74 Å². The van der Waals surface area contributed by atoms with Crippen molar-refractivity contribution in [1.82, 2.24) is 4.90 Å². The monoisotopic (exact) mass is 349 g/mol. The Morgan fingerprint density at radius 1 is 1.04 bits per heavy atom. The van der Waals surface area contributed by atoms with Crippen molar-refractivity contribution in [3.63, 3.8) is 0 Å². The fraction of sp³-hybridized carbons (Fsp3) is 0.190. The number of benzene rings is 2. The number of hydrogen-bond donors (Lipinski definition) is 0. The molecule has 0 spiro atoms. The van der Waals surface area contributed by atoms with E-state index in [-0.39, 0.29) is 12.1 Å². The van der Waals surface area contributed by atoms with Crippen LogP contribution in [-0.2, 0) is 17.8 Å². The topological polar surface area (TPSA) is 29.5 Å². The first-order valence-corrected chi connectivity index (χ1v) is 9.29. The average molecular weight is 349 g/mol. The van der Waals surface area contributed by atoms with Gasteiger partial charge in [0, 0.05) is 11.4 Å². The normalized spacial score (nSPS) is 16.3. The molecule has 3 nitrogen and oxygen atoms in total. The van der Waals surface area contributed by atoms with E-state index in [1.165, 1.54) is 16.0 Å². The van der Waals surface area contributed by atoms with Crippen LogP contribution in [0.15, 0.2) is 72.1 Å². The zero-order chi connectivity index (χ0) is 17.1. The molecule has 2 aromatic carbocycles. The number of rotatable bonds is 3. The Labute approximate surface area is 151 Å².